The summed E-state index contributed by atoms with van der Waals surface area (Å²) in [5.41, 5.74) is 0. The number of hydrogen-bond donors (Lipinski definition) is 5. The Labute approximate surface area is 291 Å². The zero-order valence-electron chi connectivity index (χ0n) is 27.9. The molecule has 0 saturated carbocycles. The van der Waals surface area contributed by atoms with Gasteiger partial charge >= 0.3 is 0 Å². The first-order valence-electron chi connectivity index (χ1n) is 15.5. The van der Waals surface area contributed by atoms with Crippen molar-refractivity contribution in [3.05, 3.63) is 65.7 Å². The Kier molecular flexibility index (Phi) is 10.4. The van der Waals surface area contributed by atoms with Gasteiger partial charge in [-0.1, -0.05) is 0 Å². The molecule has 0 fully saturated rings. The molecule has 18 heteroatoms. The van der Waals surface area contributed by atoms with Crippen molar-refractivity contribution in [2.75, 3.05) is 58.8 Å². The van der Waals surface area contributed by atoms with E-state index < -0.39 is 0 Å². The smallest absolute Gasteiger partial charge is 0.227 e. The number of aromatic amines is 1. The molecule has 0 radical (unpaired) electrons. The lowest BCUT2D eigenvalue weighted by molar-refractivity contribution is 0.864. The van der Waals surface area contributed by atoms with Crippen LogP contribution in [0.2, 0.25) is 0 Å². The Morgan fingerprint density at radius 1 is 0.646 bits per heavy atom. The van der Waals surface area contributed by atoms with E-state index in [9.17, 15) is 0 Å². The van der Waals surface area contributed by atoms with E-state index in [1.54, 1.807) is 34.0 Å². The van der Waals surface area contributed by atoms with Crippen LogP contribution < -0.4 is 31.1 Å². The van der Waals surface area contributed by atoms with Gasteiger partial charge in [-0.2, -0.15) is 0 Å². The molecule has 0 aliphatic heterocycles. The number of nitrogens with zero attached hydrogens (tertiary/aromatic N) is 10. The highest BCUT2D eigenvalue weighted by Crippen LogP contribution is 2.23. The summed E-state index contributed by atoms with van der Waals surface area (Å²) in [6.45, 7) is 5.68. The monoisotopic (exact) mass is 707 g/mol. The molecule has 0 unspecified atom stereocenters. The number of thiophene rings is 3. The molecule has 6 rings (SSSR count). The summed E-state index contributed by atoms with van der Waals surface area (Å²) >= 11 is 5.33. The van der Waals surface area contributed by atoms with Gasteiger partial charge in [0, 0.05) is 71.0 Å². The van der Waals surface area contributed by atoms with Crippen LogP contribution in [0.3, 0.4) is 0 Å². The Bertz CT molecular complexity index is 1910. The molecule has 0 spiro atoms. The fourth-order valence-corrected chi connectivity index (χ4v) is 7.75. The quantitative estimate of drug-likeness (QED) is 0.0888. The summed E-state index contributed by atoms with van der Waals surface area (Å²) in [6, 6.07) is 12.9. The standard InChI is InChI=1S/C30H41N15S3/c1-19-7-8-21(46-19)15-32-26-37-38-27(44(26)5)33-17-23-11-12-24(48-23)18-43(4)29-35-25(36-40-29)31-14-13-20-9-10-22(47-20)16-34-28-39-41-30(42(2)3)45(28)6/h7-12H,13-18H2,1-6H3,(H,32,37)(H,33,38)(H,34,39)(H2,31,35,36,40). The number of nitrogens with one attached hydrogen (secondary N) is 5. The van der Waals surface area contributed by atoms with Crippen LogP contribution >= 0.6 is 34.0 Å². The zero-order valence-corrected chi connectivity index (χ0v) is 30.4. The minimum atomic E-state index is 0.661. The largest absolute Gasteiger partial charge is 0.354 e. The van der Waals surface area contributed by atoms with Crippen molar-refractivity contribution in [3.63, 3.8) is 0 Å². The maximum Gasteiger partial charge on any atom is 0.227 e. The number of hydrogen-bond acceptors (Lipinski definition) is 15. The fraction of sp³-hybridized carbons (Fsp3) is 0.400. The molecule has 0 aliphatic rings. The number of H-pyrrole nitrogens is 1. The summed E-state index contributed by atoms with van der Waals surface area (Å²) in [5, 5.41) is 39.2. The van der Waals surface area contributed by atoms with Crippen molar-refractivity contribution in [3.8, 4) is 0 Å². The molecule has 6 aromatic rings. The Morgan fingerprint density at radius 2 is 1.21 bits per heavy atom. The summed E-state index contributed by atoms with van der Waals surface area (Å²) in [4.78, 5) is 14.9. The normalized spacial score (nSPS) is 11.2. The molecular weight excluding hydrogens is 667 g/mol. The van der Waals surface area contributed by atoms with Gasteiger partial charge in [0.05, 0.1) is 26.2 Å². The molecule has 0 aromatic carbocycles. The van der Waals surface area contributed by atoms with Gasteiger partial charge in [-0.05, 0) is 49.7 Å². The van der Waals surface area contributed by atoms with Crippen molar-refractivity contribution in [2.24, 2.45) is 14.1 Å². The molecule has 48 heavy (non-hydrogen) atoms. The maximum absolute atomic E-state index is 4.35. The predicted molar refractivity (Wildman–Crippen MR) is 197 cm³/mol. The summed E-state index contributed by atoms with van der Waals surface area (Å²) < 4.78 is 3.89. The van der Waals surface area contributed by atoms with E-state index in [1.165, 1.54) is 29.3 Å². The Morgan fingerprint density at radius 3 is 1.83 bits per heavy atom. The van der Waals surface area contributed by atoms with E-state index in [0.717, 1.165) is 49.8 Å². The second-order valence-corrected chi connectivity index (χ2v) is 15.4. The van der Waals surface area contributed by atoms with Gasteiger partial charge in [0.15, 0.2) is 0 Å². The highest BCUT2D eigenvalue weighted by atomic mass is 32.1. The SMILES string of the molecule is Cc1ccc(CNc2nnc(NCc3ccc(CN(C)c4nnc(NCCc5ccc(CNc6nnc(N(C)C)n6C)s5)[nH]4)s3)n2C)s1. The maximum atomic E-state index is 4.35. The first kappa shape index (κ1) is 33.2. The lowest BCUT2D eigenvalue weighted by Gasteiger charge is -2.13. The molecule has 0 aliphatic carbocycles. The minimum Gasteiger partial charge on any atom is -0.354 e. The van der Waals surface area contributed by atoms with Gasteiger partial charge in [0.25, 0.3) is 0 Å². The van der Waals surface area contributed by atoms with Gasteiger partial charge in [0.2, 0.25) is 35.7 Å². The zero-order chi connectivity index (χ0) is 33.6. The van der Waals surface area contributed by atoms with E-state index >= 15 is 0 Å². The van der Waals surface area contributed by atoms with E-state index in [0.29, 0.717) is 25.0 Å². The van der Waals surface area contributed by atoms with Gasteiger partial charge in [0.1, 0.15) is 0 Å². The molecular formula is C30H41N15S3. The lowest BCUT2D eigenvalue weighted by atomic mass is 10.3. The van der Waals surface area contributed by atoms with Crippen LogP contribution in [0.1, 0.15) is 29.3 Å². The van der Waals surface area contributed by atoms with Crippen molar-refractivity contribution < 1.29 is 0 Å². The van der Waals surface area contributed by atoms with Gasteiger partial charge in [-0.25, -0.2) is 0 Å². The second kappa shape index (κ2) is 15.0. The van der Waals surface area contributed by atoms with Crippen molar-refractivity contribution in [2.45, 2.75) is 39.5 Å². The van der Waals surface area contributed by atoms with Crippen LogP contribution in [0.5, 0.6) is 0 Å². The topological polar surface area (TPSA) is 158 Å². The van der Waals surface area contributed by atoms with Crippen molar-refractivity contribution in [1.82, 2.24) is 44.7 Å². The number of aryl methyl sites for hydroxylation is 1. The molecule has 6 aromatic heterocycles. The first-order chi connectivity index (χ1) is 23.2. The molecule has 254 valence electrons. The third-order valence-corrected chi connectivity index (χ3v) is 10.7. The first-order valence-corrected chi connectivity index (χ1v) is 17.9. The highest BCUT2D eigenvalue weighted by molar-refractivity contribution is 7.12. The molecule has 0 amide bonds. The van der Waals surface area contributed by atoms with E-state index in [-0.39, 0.29) is 0 Å². The van der Waals surface area contributed by atoms with E-state index in [4.69, 9.17) is 0 Å². The van der Waals surface area contributed by atoms with Gasteiger partial charge in [-0.3, -0.25) is 14.1 Å². The second-order valence-electron chi connectivity index (χ2n) is 11.5. The summed E-state index contributed by atoms with van der Waals surface area (Å²) in [5.74, 6) is 4.40. The molecule has 0 saturated heterocycles. The van der Waals surface area contributed by atoms with Crippen molar-refractivity contribution >= 4 is 69.7 Å². The van der Waals surface area contributed by atoms with E-state index in [1.807, 2.05) is 49.3 Å². The van der Waals surface area contributed by atoms with Crippen LogP contribution in [-0.4, -0.2) is 72.4 Å². The molecule has 6 heterocycles. The van der Waals surface area contributed by atoms with Crippen LogP contribution in [0.25, 0.3) is 0 Å². The van der Waals surface area contributed by atoms with Crippen molar-refractivity contribution in [1.29, 1.82) is 0 Å². The minimum absolute atomic E-state index is 0.661. The lowest BCUT2D eigenvalue weighted by Crippen LogP contribution is -2.17. The molecule has 0 atom stereocenters. The number of rotatable bonds is 17. The number of anilines is 6. The number of aromatic nitrogens is 9. The van der Waals surface area contributed by atoms with Gasteiger partial charge in [-0.15, -0.1) is 64.6 Å². The average molecular weight is 708 g/mol. The molecule has 15 nitrogen and oxygen atoms in total. The predicted octanol–water partition coefficient (Wildman–Crippen LogP) is 4.75. The van der Waals surface area contributed by atoms with Crippen LogP contribution in [0.15, 0.2) is 36.4 Å². The summed E-state index contributed by atoms with van der Waals surface area (Å²) in [6.07, 6.45) is 0.887. The third-order valence-electron chi connectivity index (χ3n) is 7.51. The van der Waals surface area contributed by atoms with Crippen LogP contribution in [-0.2, 0) is 46.7 Å². The van der Waals surface area contributed by atoms with Gasteiger partial charge < -0.3 is 31.1 Å². The third kappa shape index (κ3) is 8.23. The molecule has 5 N–H and O–H groups in total. The summed E-state index contributed by atoms with van der Waals surface area (Å²) in [7, 11) is 9.83. The Balaban J connectivity index is 0.914. The Hall–Kier alpha value is -4.68. The fourth-order valence-electron chi connectivity index (χ4n) is 4.95. The van der Waals surface area contributed by atoms with Crippen LogP contribution in [0.4, 0.5) is 35.7 Å². The van der Waals surface area contributed by atoms with Crippen LogP contribution in [0, 0.1) is 6.92 Å². The molecule has 0 bridgehead atoms. The average Bonchev–Trinajstić information content (AvgIpc) is 3.91. The van der Waals surface area contributed by atoms with E-state index in [2.05, 4.69) is 105 Å². The highest BCUT2D eigenvalue weighted by Gasteiger charge is 2.13.